The molecule has 0 aliphatic heterocycles. The fourth-order valence-electron chi connectivity index (χ4n) is 2.14. The molecule has 0 aliphatic carbocycles. The van der Waals surface area contributed by atoms with Crippen molar-refractivity contribution in [2.75, 3.05) is 21.3 Å². The van der Waals surface area contributed by atoms with Crippen LogP contribution in [0.1, 0.15) is 11.3 Å². The van der Waals surface area contributed by atoms with Gasteiger partial charge in [0.1, 0.15) is 0 Å². The Morgan fingerprint density at radius 2 is 1.45 bits per heavy atom. The summed E-state index contributed by atoms with van der Waals surface area (Å²) in [6.45, 7) is 4.01. The quantitative estimate of drug-likeness (QED) is 0.856. The van der Waals surface area contributed by atoms with Gasteiger partial charge in [-0.1, -0.05) is 6.07 Å². The van der Waals surface area contributed by atoms with E-state index in [2.05, 4.69) is 11.1 Å². The van der Waals surface area contributed by atoms with Crippen LogP contribution in [0.25, 0.3) is 11.3 Å². The van der Waals surface area contributed by atoms with E-state index in [1.54, 1.807) is 21.3 Å². The first-order valence-corrected chi connectivity index (χ1v) is 6.35. The highest BCUT2D eigenvalue weighted by molar-refractivity contribution is 5.70. The highest BCUT2D eigenvalue weighted by atomic mass is 16.5. The third kappa shape index (κ3) is 2.54. The third-order valence-corrected chi connectivity index (χ3v) is 3.17. The van der Waals surface area contributed by atoms with E-state index < -0.39 is 0 Å². The van der Waals surface area contributed by atoms with Crippen molar-refractivity contribution >= 4 is 0 Å². The summed E-state index contributed by atoms with van der Waals surface area (Å²) in [5, 5.41) is 0. The number of aromatic nitrogens is 1. The van der Waals surface area contributed by atoms with E-state index in [0.717, 1.165) is 22.5 Å². The van der Waals surface area contributed by atoms with Crippen LogP contribution in [0.15, 0.2) is 24.3 Å². The van der Waals surface area contributed by atoms with Gasteiger partial charge in [-0.15, -0.1) is 0 Å². The highest BCUT2D eigenvalue weighted by Gasteiger charge is 2.15. The van der Waals surface area contributed by atoms with Crippen LogP contribution in [0.2, 0.25) is 0 Å². The van der Waals surface area contributed by atoms with Crippen LogP contribution >= 0.6 is 0 Å². The van der Waals surface area contributed by atoms with E-state index in [0.29, 0.717) is 17.2 Å². The lowest BCUT2D eigenvalue weighted by atomic mass is 10.0. The van der Waals surface area contributed by atoms with Crippen molar-refractivity contribution in [2.24, 2.45) is 0 Å². The zero-order valence-corrected chi connectivity index (χ0v) is 12.5. The molecule has 0 amide bonds. The second-order valence-corrected chi connectivity index (χ2v) is 4.53. The zero-order chi connectivity index (χ0) is 14.7. The SMILES string of the molecule is COc1cc(-c2nc(C)ccc2C)cc(OC)c1OC. The topological polar surface area (TPSA) is 40.6 Å². The molecule has 0 fully saturated rings. The fraction of sp³-hybridized carbons (Fsp3) is 0.312. The molecule has 1 aromatic carbocycles. The van der Waals surface area contributed by atoms with Gasteiger partial charge in [-0.05, 0) is 37.6 Å². The van der Waals surface area contributed by atoms with Gasteiger partial charge in [-0.25, -0.2) is 0 Å². The van der Waals surface area contributed by atoms with Gasteiger partial charge in [0.15, 0.2) is 11.5 Å². The van der Waals surface area contributed by atoms with Crippen LogP contribution in [0.5, 0.6) is 17.2 Å². The van der Waals surface area contributed by atoms with Crippen LogP contribution in [0.3, 0.4) is 0 Å². The molecule has 2 aromatic rings. The summed E-state index contributed by atoms with van der Waals surface area (Å²) >= 11 is 0. The number of benzene rings is 1. The molecule has 0 N–H and O–H groups in total. The Morgan fingerprint density at radius 3 is 1.95 bits per heavy atom. The molecule has 0 unspecified atom stereocenters. The van der Waals surface area contributed by atoms with Gasteiger partial charge in [-0.2, -0.15) is 0 Å². The Kier molecular flexibility index (Phi) is 4.13. The maximum absolute atomic E-state index is 5.38. The number of methoxy groups -OCH3 is 3. The van der Waals surface area contributed by atoms with Crippen LogP contribution < -0.4 is 14.2 Å². The number of pyridine rings is 1. The Bertz CT molecular complexity index is 598. The molecule has 0 spiro atoms. The summed E-state index contributed by atoms with van der Waals surface area (Å²) in [5.74, 6) is 1.85. The molecule has 2 rings (SSSR count). The maximum atomic E-state index is 5.38. The summed E-state index contributed by atoms with van der Waals surface area (Å²) in [4.78, 5) is 4.60. The van der Waals surface area contributed by atoms with Gasteiger partial charge < -0.3 is 14.2 Å². The average molecular weight is 273 g/mol. The molecule has 0 aliphatic rings. The van der Waals surface area contributed by atoms with Gasteiger partial charge in [0, 0.05) is 11.3 Å². The second-order valence-electron chi connectivity index (χ2n) is 4.53. The minimum atomic E-state index is 0.587. The summed E-state index contributed by atoms with van der Waals surface area (Å²) in [5.41, 5.74) is 3.94. The maximum Gasteiger partial charge on any atom is 0.203 e. The second kappa shape index (κ2) is 5.82. The molecular weight excluding hydrogens is 254 g/mol. The van der Waals surface area contributed by atoms with E-state index in [-0.39, 0.29) is 0 Å². The third-order valence-electron chi connectivity index (χ3n) is 3.17. The van der Waals surface area contributed by atoms with Crippen molar-refractivity contribution in [2.45, 2.75) is 13.8 Å². The predicted molar refractivity (Wildman–Crippen MR) is 78.8 cm³/mol. The lowest BCUT2D eigenvalue weighted by Gasteiger charge is -2.15. The molecule has 20 heavy (non-hydrogen) atoms. The molecule has 4 nitrogen and oxygen atoms in total. The monoisotopic (exact) mass is 273 g/mol. The van der Waals surface area contributed by atoms with Crippen molar-refractivity contribution in [3.8, 4) is 28.5 Å². The van der Waals surface area contributed by atoms with Crippen molar-refractivity contribution in [3.63, 3.8) is 0 Å². The molecule has 0 atom stereocenters. The van der Waals surface area contributed by atoms with Crippen molar-refractivity contribution in [1.29, 1.82) is 0 Å². The average Bonchev–Trinajstić information content (AvgIpc) is 2.48. The fourth-order valence-corrected chi connectivity index (χ4v) is 2.14. The number of hydrogen-bond acceptors (Lipinski definition) is 4. The minimum absolute atomic E-state index is 0.587. The largest absolute Gasteiger partial charge is 0.493 e. The molecule has 0 saturated carbocycles. The van der Waals surface area contributed by atoms with Crippen molar-refractivity contribution in [3.05, 3.63) is 35.5 Å². The lowest BCUT2D eigenvalue weighted by molar-refractivity contribution is 0.324. The molecular formula is C16H19NO3. The predicted octanol–water partition coefficient (Wildman–Crippen LogP) is 3.39. The Balaban J connectivity index is 2.65. The van der Waals surface area contributed by atoms with E-state index in [1.807, 2.05) is 32.0 Å². The van der Waals surface area contributed by atoms with Crippen LogP contribution in [0, 0.1) is 13.8 Å². The number of hydrogen-bond donors (Lipinski definition) is 0. The van der Waals surface area contributed by atoms with Gasteiger partial charge >= 0.3 is 0 Å². The lowest BCUT2D eigenvalue weighted by Crippen LogP contribution is -1.97. The summed E-state index contributed by atoms with van der Waals surface area (Å²) < 4.78 is 16.1. The van der Waals surface area contributed by atoms with Crippen LogP contribution in [0.4, 0.5) is 0 Å². The van der Waals surface area contributed by atoms with E-state index in [4.69, 9.17) is 14.2 Å². The molecule has 0 radical (unpaired) electrons. The van der Waals surface area contributed by atoms with Crippen LogP contribution in [-0.2, 0) is 0 Å². The first-order valence-electron chi connectivity index (χ1n) is 6.35. The van der Waals surface area contributed by atoms with Crippen LogP contribution in [-0.4, -0.2) is 26.3 Å². The van der Waals surface area contributed by atoms with E-state index in [9.17, 15) is 0 Å². The molecule has 106 valence electrons. The summed E-state index contributed by atoms with van der Waals surface area (Å²) in [6.07, 6.45) is 0. The smallest absolute Gasteiger partial charge is 0.203 e. The number of nitrogens with zero attached hydrogens (tertiary/aromatic N) is 1. The van der Waals surface area contributed by atoms with Gasteiger partial charge in [0.05, 0.1) is 27.0 Å². The standard InChI is InChI=1S/C16H19NO3/c1-10-6-7-11(2)17-15(10)12-8-13(18-3)16(20-5)14(9-12)19-4/h6-9H,1-5H3. The number of aryl methyl sites for hydroxylation is 2. The van der Waals surface area contributed by atoms with Gasteiger partial charge in [-0.3, -0.25) is 4.98 Å². The minimum Gasteiger partial charge on any atom is -0.493 e. The normalized spacial score (nSPS) is 10.2. The van der Waals surface area contributed by atoms with E-state index >= 15 is 0 Å². The van der Waals surface area contributed by atoms with E-state index in [1.165, 1.54) is 0 Å². The molecule has 1 aromatic heterocycles. The highest BCUT2D eigenvalue weighted by Crippen LogP contribution is 2.41. The van der Waals surface area contributed by atoms with Gasteiger partial charge in [0.25, 0.3) is 0 Å². The number of ether oxygens (including phenoxy) is 3. The Hall–Kier alpha value is -2.23. The van der Waals surface area contributed by atoms with Crippen molar-refractivity contribution < 1.29 is 14.2 Å². The first-order chi connectivity index (χ1) is 9.60. The molecule has 4 heteroatoms. The Morgan fingerprint density at radius 1 is 0.850 bits per heavy atom. The first kappa shape index (κ1) is 14.2. The summed E-state index contributed by atoms with van der Waals surface area (Å²) in [7, 11) is 4.81. The summed E-state index contributed by atoms with van der Waals surface area (Å²) in [6, 6.07) is 7.88. The number of rotatable bonds is 4. The molecule has 1 heterocycles. The van der Waals surface area contributed by atoms with Crippen molar-refractivity contribution in [1.82, 2.24) is 4.98 Å². The Labute approximate surface area is 119 Å². The zero-order valence-electron chi connectivity index (χ0n) is 12.5. The van der Waals surface area contributed by atoms with Gasteiger partial charge in [0.2, 0.25) is 5.75 Å². The molecule has 0 bridgehead atoms. The molecule has 0 saturated heterocycles.